The lowest BCUT2D eigenvalue weighted by molar-refractivity contribution is -0.119. The first kappa shape index (κ1) is 20.6. The third-order valence-corrected chi connectivity index (χ3v) is 6.70. The summed E-state index contributed by atoms with van der Waals surface area (Å²) in [6.45, 7) is -0.361. The predicted octanol–water partition coefficient (Wildman–Crippen LogP) is 5.30. The maximum Gasteiger partial charge on any atom is 0.339 e. The van der Waals surface area contributed by atoms with Gasteiger partial charge >= 0.3 is 5.97 Å². The van der Waals surface area contributed by atoms with Crippen LogP contribution in [0.1, 0.15) is 47.3 Å². The second kappa shape index (κ2) is 9.04. The fourth-order valence-electron chi connectivity index (χ4n) is 4.24. The van der Waals surface area contributed by atoms with E-state index >= 15 is 0 Å². The number of aromatic nitrogens is 2. The molecule has 2 aromatic carbocycles. The summed E-state index contributed by atoms with van der Waals surface area (Å²) in [4.78, 5) is 34.9. The number of hydrogen-bond donors (Lipinski definition) is 1. The number of hydrogen-bond acceptors (Lipinski definition) is 6. The van der Waals surface area contributed by atoms with Gasteiger partial charge in [-0.1, -0.05) is 54.5 Å². The molecule has 0 spiro atoms. The van der Waals surface area contributed by atoms with Crippen LogP contribution in [0.2, 0.25) is 0 Å². The van der Waals surface area contributed by atoms with E-state index in [4.69, 9.17) is 9.72 Å². The van der Waals surface area contributed by atoms with Crippen molar-refractivity contribution in [2.75, 3.05) is 11.9 Å². The van der Waals surface area contributed by atoms with Crippen LogP contribution in [0.3, 0.4) is 0 Å². The number of aryl methyl sites for hydroxylation is 1. The molecule has 0 bridgehead atoms. The Balaban J connectivity index is 1.37. The maximum absolute atomic E-state index is 13.2. The minimum absolute atomic E-state index is 0.361. The summed E-state index contributed by atoms with van der Waals surface area (Å²) in [5.74, 6) is -0.876. The summed E-state index contributed by atoms with van der Waals surface area (Å²) in [6, 6.07) is 15.3. The average molecular weight is 446 g/mol. The van der Waals surface area contributed by atoms with Crippen molar-refractivity contribution in [1.82, 2.24) is 9.97 Å². The Morgan fingerprint density at radius 2 is 1.66 bits per heavy atom. The minimum Gasteiger partial charge on any atom is -0.452 e. The molecule has 162 valence electrons. The monoisotopic (exact) mass is 445 g/mol. The van der Waals surface area contributed by atoms with E-state index in [-0.39, 0.29) is 6.61 Å². The Morgan fingerprint density at radius 3 is 2.50 bits per heavy atom. The number of carbonyl (C=O) groups is 2. The largest absolute Gasteiger partial charge is 0.452 e. The normalized spacial score (nSPS) is 13.9. The fourth-order valence-corrected chi connectivity index (χ4v) is 5.13. The number of pyridine rings is 1. The molecule has 6 nitrogen and oxygen atoms in total. The number of esters is 1. The second-order valence-electron chi connectivity index (χ2n) is 7.95. The van der Waals surface area contributed by atoms with Crippen LogP contribution in [0.5, 0.6) is 0 Å². The van der Waals surface area contributed by atoms with Crippen molar-refractivity contribution in [2.24, 2.45) is 0 Å². The molecule has 2 heterocycles. The average Bonchev–Trinajstić information content (AvgIpc) is 3.19. The van der Waals surface area contributed by atoms with Crippen molar-refractivity contribution in [2.45, 2.75) is 38.5 Å². The van der Waals surface area contributed by atoms with Crippen LogP contribution in [0.15, 0.2) is 48.5 Å². The van der Waals surface area contributed by atoms with Crippen LogP contribution in [-0.2, 0) is 22.4 Å². The number of fused-ring (bicyclic) bond motifs is 3. The van der Waals surface area contributed by atoms with E-state index in [0.29, 0.717) is 10.7 Å². The van der Waals surface area contributed by atoms with Gasteiger partial charge in [-0.15, -0.1) is 0 Å². The van der Waals surface area contributed by atoms with Crippen molar-refractivity contribution >= 4 is 49.5 Å². The predicted molar refractivity (Wildman–Crippen MR) is 126 cm³/mol. The van der Waals surface area contributed by atoms with E-state index in [0.717, 1.165) is 64.5 Å². The van der Waals surface area contributed by atoms with Crippen molar-refractivity contribution in [1.29, 1.82) is 0 Å². The van der Waals surface area contributed by atoms with E-state index < -0.39 is 11.9 Å². The Labute approximate surface area is 189 Å². The van der Waals surface area contributed by atoms with Gasteiger partial charge in [0.05, 0.1) is 21.3 Å². The highest BCUT2D eigenvalue weighted by atomic mass is 32.1. The standard InChI is InChI=1S/C25H23N3O3S/c29-22(28-25-27-20-13-7-8-14-21(20)32-25)15-31-24(30)23-16-9-3-1-2-4-11-18(16)26-19-12-6-5-10-17(19)23/h5-8,10,12-14H,1-4,9,11,15H2,(H,27,28,29). The Morgan fingerprint density at radius 1 is 0.906 bits per heavy atom. The fraction of sp³-hybridized carbons (Fsp3) is 0.280. The third-order valence-electron chi connectivity index (χ3n) is 5.75. The molecule has 5 rings (SSSR count). The van der Waals surface area contributed by atoms with Crippen molar-refractivity contribution < 1.29 is 14.3 Å². The summed E-state index contributed by atoms with van der Waals surface area (Å²) in [5.41, 5.74) is 4.12. The SMILES string of the molecule is O=C(COC(=O)c1c2c(nc3ccccc13)CCCCCC2)Nc1nc2ccccc2s1. The van der Waals surface area contributed by atoms with Crippen LogP contribution >= 0.6 is 11.3 Å². The van der Waals surface area contributed by atoms with E-state index in [1.54, 1.807) is 0 Å². The number of nitrogens with one attached hydrogen (secondary N) is 1. The van der Waals surface area contributed by atoms with E-state index in [1.807, 2.05) is 48.5 Å². The van der Waals surface area contributed by atoms with Gasteiger partial charge in [0.15, 0.2) is 11.7 Å². The molecule has 2 aromatic heterocycles. The molecule has 0 saturated carbocycles. The molecular weight excluding hydrogens is 422 g/mol. The number of ether oxygens (including phenoxy) is 1. The zero-order valence-corrected chi connectivity index (χ0v) is 18.4. The van der Waals surface area contributed by atoms with Gasteiger partial charge in [-0.3, -0.25) is 15.1 Å². The summed E-state index contributed by atoms with van der Waals surface area (Å²) in [7, 11) is 0. The molecule has 0 fully saturated rings. The first-order valence-electron chi connectivity index (χ1n) is 10.9. The number of nitrogens with zero attached hydrogens (tertiary/aromatic N) is 2. The smallest absolute Gasteiger partial charge is 0.339 e. The molecule has 4 aromatic rings. The molecular formula is C25H23N3O3S. The summed E-state index contributed by atoms with van der Waals surface area (Å²) >= 11 is 1.39. The van der Waals surface area contributed by atoms with Crippen LogP contribution in [0.25, 0.3) is 21.1 Å². The molecule has 0 atom stereocenters. The third kappa shape index (κ3) is 4.21. The van der Waals surface area contributed by atoms with E-state index in [1.165, 1.54) is 17.8 Å². The van der Waals surface area contributed by atoms with E-state index in [9.17, 15) is 9.59 Å². The lowest BCUT2D eigenvalue weighted by Gasteiger charge is -2.18. The highest BCUT2D eigenvalue weighted by Crippen LogP contribution is 2.29. The van der Waals surface area contributed by atoms with Gasteiger partial charge in [0.1, 0.15) is 0 Å². The van der Waals surface area contributed by atoms with Gasteiger partial charge in [-0.2, -0.15) is 0 Å². The van der Waals surface area contributed by atoms with E-state index in [2.05, 4.69) is 10.3 Å². The minimum atomic E-state index is -0.472. The summed E-state index contributed by atoms with van der Waals surface area (Å²) in [6.07, 6.45) is 6.07. The number of para-hydroxylation sites is 2. The summed E-state index contributed by atoms with van der Waals surface area (Å²) in [5, 5.41) is 4.01. The Kier molecular flexibility index (Phi) is 5.81. The Hall–Kier alpha value is -3.32. The van der Waals surface area contributed by atoms with Crippen molar-refractivity contribution in [3.63, 3.8) is 0 Å². The lowest BCUT2D eigenvalue weighted by atomic mass is 9.91. The van der Waals surface area contributed by atoms with Crippen molar-refractivity contribution in [3.05, 3.63) is 65.4 Å². The molecule has 1 aliphatic rings. The Bertz CT molecular complexity index is 1280. The number of rotatable bonds is 4. The second-order valence-corrected chi connectivity index (χ2v) is 8.99. The van der Waals surface area contributed by atoms with Gasteiger partial charge in [0.25, 0.3) is 5.91 Å². The number of thiazole rings is 1. The van der Waals surface area contributed by atoms with Crippen LogP contribution < -0.4 is 5.32 Å². The highest BCUT2D eigenvalue weighted by molar-refractivity contribution is 7.22. The van der Waals surface area contributed by atoms with Gasteiger partial charge in [0.2, 0.25) is 0 Å². The van der Waals surface area contributed by atoms with Gasteiger partial charge in [0, 0.05) is 11.1 Å². The zero-order valence-electron chi connectivity index (χ0n) is 17.6. The quantitative estimate of drug-likeness (QED) is 0.431. The summed E-state index contributed by atoms with van der Waals surface area (Å²) < 4.78 is 6.47. The highest BCUT2D eigenvalue weighted by Gasteiger charge is 2.23. The molecule has 0 radical (unpaired) electrons. The van der Waals surface area contributed by atoms with Gasteiger partial charge < -0.3 is 4.74 Å². The van der Waals surface area contributed by atoms with Crippen molar-refractivity contribution in [3.8, 4) is 0 Å². The number of amides is 1. The van der Waals surface area contributed by atoms with Crippen LogP contribution in [0, 0.1) is 0 Å². The molecule has 1 N–H and O–H groups in total. The number of benzene rings is 2. The molecule has 1 amide bonds. The molecule has 0 aliphatic heterocycles. The molecule has 1 aliphatic carbocycles. The molecule has 7 heteroatoms. The van der Waals surface area contributed by atoms with Gasteiger partial charge in [-0.25, -0.2) is 9.78 Å². The van der Waals surface area contributed by atoms with Crippen LogP contribution in [-0.4, -0.2) is 28.5 Å². The molecule has 0 unspecified atom stereocenters. The lowest BCUT2D eigenvalue weighted by Crippen LogP contribution is -2.22. The molecule has 0 saturated heterocycles. The maximum atomic E-state index is 13.2. The first-order valence-corrected chi connectivity index (χ1v) is 11.7. The number of anilines is 1. The van der Waals surface area contributed by atoms with Gasteiger partial charge in [-0.05, 0) is 49.4 Å². The van der Waals surface area contributed by atoms with Crippen LogP contribution in [0.4, 0.5) is 5.13 Å². The molecule has 32 heavy (non-hydrogen) atoms. The first-order chi connectivity index (χ1) is 15.7. The topological polar surface area (TPSA) is 81.2 Å². The number of carbonyl (C=O) groups excluding carboxylic acids is 2. The zero-order chi connectivity index (χ0) is 21.9.